The smallest absolute Gasteiger partial charge is 0.281 e. The van der Waals surface area contributed by atoms with Gasteiger partial charge in [0.2, 0.25) is 0 Å². The lowest BCUT2D eigenvalue weighted by Crippen LogP contribution is -2.13. The number of hydrogen-bond donors (Lipinski definition) is 0. The largest absolute Gasteiger partial charge is 0.319 e. The molecule has 0 saturated carbocycles. The van der Waals surface area contributed by atoms with Crippen molar-refractivity contribution < 1.29 is 4.79 Å². The van der Waals surface area contributed by atoms with Crippen LogP contribution >= 0.6 is 34.5 Å². The fraction of sp³-hybridized carbons (Fsp3) is 0.0667. The predicted octanol–water partition coefficient (Wildman–Crippen LogP) is 4.29. The fourth-order valence-electron chi connectivity index (χ4n) is 2.00. The van der Waals surface area contributed by atoms with Gasteiger partial charge >= 0.3 is 0 Å². The Labute approximate surface area is 135 Å². The number of aryl methyl sites for hydroxylation is 1. The first-order valence-corrected chi connectivity index (χ1v) is 7.72. The summed E-state index contributed by atoms with van der Waals surface area (Å²) in [7, 11) is 1.88. The summed E-state index contributed by atoms with van der Waals surface area (Å²) >= 11 is 13.4. The Kier molecular flexibility index (Phi) is 3.85. The van der Waals surface area contributed by atoms with Crippen molar-refractivity contribution in [3.8, 4) is 0 Å². The molecule has 0 bridgehead atoms. The van der Waals surface area contributed by atoms with Gasteiger partial charge in [0, 0.05) is 12.1 Å². The number of aromatic nitrogens is 1. The van der Waals surface area contributed by atoms with Crippen LogP contribution in [0.15, 0.2) is 47.5 Å². The number of fused-ring (bicyclic) bond motifs is 1. The van der Waals surface area contributed by atoms with Gasteiger partial charge in [-0.1, -0.05) is 46.7 Å². The van der Waals surface area contributed by atoms with Crippen molar-refractivity contribution in [1.82, 2.24) is 4.57 Å². The molecule has 0 spiro atoms. The maximum atomic E-state index is 12.3. The van der Waals surface area contributed by atoms with Crippen molar-refractivity contribution in [2.75, 3.05) is 0 Å². The van der Waals surface area contributed by atoms with Crippen LogP contribution in [-0.4, -0.2) is 10.5 Å². The lowest BCUT2D eigenvalue weighted by Gasteiger charge is -1.99. The van der Waals surface area contributed by atoms with Crippen LogP contribution in [-0.2, 0) is 7.05 Å². The van der Waals surface area contributed by atoms with E-state index in [1.807, 2.05) is 35.9 Å². The van der Waals surface area contributed by atoms with E-state index in [0.29, 0.717) is 20.4 Å². The maximum absolute atomic E-state index is 12.3. The highest BCUT2D eigenvalue weighted by Crippen LogP contribution is 2.21. The van der Waals surface area contributed by atoms with Crippen LogP contribution in [0.4, 0.5) is 0 Å². The highest BCUT2D eigenvalue weighted by molar-refractivity contribution is 7.16. The maximum Gasteiger partial charge on any atom is 0.281 e. The lowest BCUT2D eigenvalue weighted by atomic mass is 10.2. The minimum absolute atomic E-state index is 0.307. The van der Waals surface area contributed by atoms with E-state index in [4.69, 9.17) is 23.2 Å². The third-order valence-electron chi connectivity index (χ3n) is 3.07. The molecule has 3 nitrogen and oxygen atoms in total. The average Bonchev–Trinajstić information content (AvgIpc) is 2.78. The van der Waals surface area contributed by atoms with Gasteiger partial charge in [0.1, 0.15) is 0 Å². The molecular weight excluding hydrogens is 327 g/mol. The number of nitrogens with zero attached hydrogens (tertiary/aromatic N) is 2. The van der Waals surface area contributed by atoms with E-state index in [2.05, 4.69) is 4.99 Å². The Morgan fingerprint density at radius 1 is 1.19 bits per heavy atom. The number of para-hydroxylation sites is 1. The number of benzene rings is 2. The fourth-order valence-corrected chi connectivity index (χ4v) is 3.38. The normalized spacial score (nSPS) is 12.0. The van der Waals surface area contributed by atoms with E-state index in [1.54, 1.807) is 12.1 Å². The summed E-state index contributed by atoms with van der Waals surface area (Å²) in [5, 5.41) is 0.801. The Morgan fingerprint density at radius 2 is 1.95 bits per heavy atom. The predicted molar refractivity (Wildman–Crippen MR) is 87.2 cm³/mol. The number of rotatable bonds is 1. The van der Waals surface area contributed by atoms with Crippen LogP contribution in [0.25, 0.3) is 10.2 Å². The first-order chi connectivity index (χ1) is 10.1. The standard InChI is InChI=1S/C15H10Cl2N2OS/c1-19-12-4-2-3-5-13(12)21-15(19)18-14(20)10-8-9(16)6-7-11(10)17/h2-8H,1H3. The Balaban J connectivity index is 2.13. The zero-order valence-corrected chi connectivity index (χ0v) is 13.3. The third-order valence-corrected chi connectivity index (χ3v) is 4.75. The summed E-state index contributed by atoms with van der Waals surface area (Å²) in [4.78, 5) is 17.1. The van der Waals surface area contributed by atoms with Crippen LogP contribution in [0.5, 0.6) is 0 Å². The van der Waals surface area contributed by atoms with Gasteiger partial charge in [-0.05, 0) is 30.3 Å². The average molecular weight is 337 g/mol. The number of thiazole rings is 1. The molecule has 0 aliphatic carbocycles. The van der Waals surface area contributed by atoms with Crippen molar-refractivity contribution in [3.63, 3.8) is 0 Å². The molecule has 0 N–H and O–H groups in total. The van der Waals surface area contributed by atoms with E-state index >= 15 is 0 Å². The molecule has 3 rings (SSSR count). The summed E-state index contributed by atoms with van der Waals surface area (Å²) < 4.78 is 2.96. The van der Waals surface area contributed by atoms with Gasteiger partial charge in [0.05, 0.1) is 20.8 Å². The van der Waals surface area contributed by atoms with Crippen molar-refractivity contribution in [2.24, 2.45) is 12.0 Å². The summed E-state index contributed by atoms with van der Waals surface area (Å²) in [6, 6.07) is 12.7. The Bertz CT molecular complexity index is 911. The molecule has 6 heteroatoms. The Morgan fingerprint density at radius 3 is 2.71 bits per heavy atom. The molecule has 2 aromatic carbocycles. The van der Waals surface area contributed by atoms with Crippen LogP contribution in [0.2, 0.25) is 10.0 Å². The molecule has 1 amide bonds. The number of amides is 1. The van der Waals surface area contributed by atoms with Crippen molar-refractivity contribution >= 4 is 50.7 Å². The molecule has 0 fully saturated rings. The van der Waals surface area contributed by atoms with Crippen LogP contribution in [0.1, 0.15) is 10.4 Å². The zero-order valence-electron chi connectivity index (χ0n) is 11.0. The van der Waals surface area contributed by atoms with Gasteiger partial charge in [0.15, 0.2) is 4.80 Å². The Hall–Kier alpha value is -1.62. The molecule has 0 aliphatic rings. The van der Waals surface area contributed by atoms with Gasteiger partial charge in [0.25, 0.3) is 5.91 Å². The van der Waals surface area contributed by atoms with Gasteiger partial charge in [-0.2, -0.15) is 4.99 Å². The molecule has 0 aliphatic heterocycles. The molecule has 0 atom stereocenters. The molecule has 106 valence electrons. The highest BCUT2D eigenvalue weighted by Gasteiger charge is 2.11. The second kappa shape index (κ2) is 5.64. The second-order valence-corrected chi connectivity index (χ2v) is 6.31. The van der Waals surface area contributed by atoms with Gasteiger partial charge in [-0.3, -0.25) is 4.79 Å². The molecule has 21 heavy (non-hydrogen) atoms. The van der Waals surface area contributed by atoms with Crippen molar-refractivity contribution in [2.45, 2.75) is 0 Å². The van der Waals surface area contributed by atoms with Crippen LogP contribution in [0.3, 0.4) is 0 Å². The lowest BCUT2D eigenvalue weighted by molar-refractivity contribution is 0.0998. The van der Waals surface area contributed by atoms with Gasteiger partial charge < -0.3 is 4.57 Å². The van der Waals surface area contributed by atoms with E-state index in [0.717, 1.165) is 10.2 Å². The van der Waals surface area contributed by atoms with Crippen molar-refractivity contribution in [1.29, 1.82) is 0 Å². The quantitative estimate of drug-likeness (QED) is 0.652. The van der Waals surface area contributed by atoms with Gasteiger partial charge in [-0.25, -0.2) is 0 Å². The molecule has 3 aromatic rings. The number of carbonyl (C=O) groups is 1. The highest BCUT2D eigenvalue weighted by atomic mass is 35.5. The van der Waals surface area contributed by atoms with Crippen LogP contribution in [0, 0.1) is 0 Å². The van der Waals surface area contributed by atoms with Gasteiger partial charge in [-0.15, -0.1) is 0 Å². The van der Waals surface area contributed by atoms with E-state index in [1.165, 1.54) is 17.4 Å². The van der Waals surface area contributed by atoms with Crippen molar-refractivity contribution in [3.05, 3.63) is 62.9 Å². The molecule has 1 aromatic heterocycles. The summed E-state index contributed by atoms with van der Waals surface area (Å²) in [6.45, 7) is 0. The molecule has 1 heterocycles. The molecule has 0 saturated heterocycles. The zero-order chi connectivity index (χ0) is 15.0. The van der Waals surface area contributed by atoms with E-state index in [9.17, 15) is 4.79 Å². The second-order valence-electron chi connectivity index (χ2n) is 4.45. The summed E-state index contributed by atoms with van der Waals surface area (Å²) in [6.07, 6.45) is 0. The number of hydrogen-bond acceptors (Lipinski definition) is 2. The number of halogens is 2. The third kappa shape index (κ3) is 2.75. The summed E-state index contributed by atoms with van der Waals surface area (Å²) in [5.41, 5.74) is 1.34. The van der Waals surface area contributed by atoms with Crippen LogP contribution < -0.4 is 4.80 Å². The minimum Gasteiger partial charge on any atom is -0.319 e. The first-order valence-electron chi connectivity index (χ1n) is 6.15. The molecular formula is C15H10Cl2N2OS. The first kappa shape index (κ1) is 14.3. The molecule has 0 unspecified atom stereocenters. The van der Waals surface area contributed by atoms with E-state index < -0.39 is 5.91 Å². The van der Waals surface area contributed by atoms with E-state index in [-0.39, 0.29) is 0 Å². The minimum atomic E-state index is -0.398. The topological polar surface area (TPSA) is 34.4 Å². The monoisotopic (exact) mass is 336 g/mol. The SMILES string of the molecule is Cn1c(=NC(=O)c2cc(Cl)ccc2Cl)sc2ccccc21. The number of carbonyl (C=O) groups excluding carboxylic acids is 1. The molecule has 0 radical (unpaired) electrons. The summed E-state index contributed by atoms with van der Waals surface area (Å²) in [5.74, 6) is -0.398.